The van der Waals surface area contributed by atoms with Crippen molar-refractivity contribution in [2.24, 2.45) is 10.4 Å². The molecule has 1 saturated carbocycles. The van der Waals surface area contributed by atoms with Crippen LogP contribution < -0.4 is 15.4 Å². The van der Waals surface area contributed by atoms with Gasteiger partial charge in [0.1, 0.15) is 11.6 Å². The number of rotatable bonds is 4. The summed E-state index contributed by atoms with van der Waals surface area (Å²) in [5.41, 5.74) is 1.52. The van der Waals surface area contributed by atoms with Gasteiger partial charge < -0.3 is 24.8 Å². The molecule has 138 valence electrons. The summed E-state index contributed by atoms with van der Waals surface area (Å²) in [6.07, 6.45) is 1.17. The maximum atomic E-state index is 13.8. The van der Waals surface area contributed by atoms with Crippen LogP contribution in [0.4, 0.5) is 4.39 Å². The summed E-state index contributed by atoms with van der Waals surface area (Å²) >= 11 is 0. The zero-order valence-electron chi connectivity index (χ0n) is 15.2. The maximum absolute atomic E-state index is 13.8. The van der Waals surface area contributed by atoms with Gasteiger partial charge in [0.25, 0.3) is 0 Å². The number of nitrogens with one attached hydrogen (secondary N) is 2. The molecule has 0 amide bonds. The summed E-state index contributed by atoms with van der Waals surface area (Å²) in [6.45, 7) is 5.31. The van der Waals surface area contributed by atoms with E-state index in [2.05, 4.69) is 29.5 Å². The number of halogens is 1. The normalized spacial score (nSPS) is 24.8. The van der Waals surface area contributed by atoms with Crippen molar-refractivity contribution >= 4 is 5.96 Å². The molecule has 1 aliphatic carbocycles. The number of hydrogen-bond acceptors (Lipinski definition) is 4. The van der Waals surface area contributed by atoms with Crippen molar-refractivity contribution in [2.45, 2.75) is 45.6 Å². The molecule has 0 saturated heterocycles. The lowest BCUT2D eigenvalue weighted by atomic mass is 9.64. The fraction of sp³-hybridized carbons (Fsp3) is 0.611. The van der Waals surface area contributed by atoms with Crippen molar-refractivity contribution in [1.82, 2.24) is 10.6 Å². The number of guanidine groups is 1. The van der Waals surface area contributed by atoms with Gasteiger partial charge in [-0.15, -0.1) is 0 Å². The van der Waals surface area contributed by atoms with Gasteiger partial charge in [-0.05, 0) is 18.6 Å². The first kappa shape index (κ1) is 17.9. The standard InChI is InChI=1S/C18H26FN3O3/c1-18(2)14(7-15(18)23-4)22-17(20-3)21-8-11-5-13(19)6-12-9-24-10-25-16(11)12/h5-6,14-15H,7-10H2,1-4H3,(H2,20,21,22). The second kappa shape index (κ2) is 7.17. The molecule has 1 aromatic rings. The molecule has 2 N–H and O–H groups in total. The first-order valence-electron chi connectivity index (χ1n) is 8.47. The molecule has 25 heavy (non-hydrogen) atoms. The third-order valence-corrected chi connectivity index (χ3v) is 5.19. The smallest absolute Gasteiger partial charge is 0.191 e. The lowest BCUT2D eigenvalue weighted by Crippen LogP contribution is -2.63. The largest absolute Gasteiger partial charge is 0.467 e. The number of benzene rings is 1. The molecule has 1 heterocycles. The van der Waals surface area contributed by atoms with Crippen molar-refractivity contribution < 1.29 is 18.6 Å². The first-order chi connectivity index (χ1) is 12.0. The summed E-state index contributed by atoms with van der Waals surface area (Å²) in [7, 11) is 3.46. The average molecular weight is 351 g/mol. The number of fused-ring (bicyclic) bond motifs is 1. The van der Waals surface area contributed by atoms with Crippen LogP contribution in [0.15, 0.2) is 17.1 Å². The molecule has 0 spiro atoms. The molecule has 1 aliphatic heterocycles. The van der Waals surface area contributed by atoms with Crippen molar-refractivity contribution in [1.29, 1.82) is 0 Å². The van der Waals surface area contributed by atoms with E-state index in [1.807, 2.05) is 0 Å². The minimum Gasteiger partial charge on any atom is -0.467 e. The van der Waals surface area contributed by atoms with E-state index in [0.29, 0.717) is 24.9 Å². The highest BCUT2D eigenvalue weighted by atomic mass is 19.1. The molecule has 2 atom stereocenters. The first-order valence-corrected chi connectivity index (χ1v) is 8.47. The Morgan fingerprint density at radius 2 is 2.24 bits per heavy atom. The molecule has 2 unspecified atom stereocenters. The summed E-state index contributed by atoms with van der Waals surface area (Å²) in [6, 6.07) is 3.21. The van der Waals surface area contributed by atoms with E-state index >= 15 is 0 Å². The van der Waals surface area contributed by atoms with Crippen LogP contribution in [0.1, 0.15) is 31.4 Å². The van der Waals surface area contributed by atoms with Crippen LogP contribution in [-0.2, 0) is 22.6 Å². The Balaban J connectivity index is 1.64. The van der Waals surface area contributed by atoms with Gasteiger partial charge >= 0.3 is 0 Å². The minimum atomic E-state index is -0.296. The van der Waals surface area contributed by atoms with Crippen LogP contribution >= 0.6 is 0 Å². The second-order valence-corrected chi connectivity index (χ2v) is 7.07. The number of ether oxygens (including phenoxy) is 3. The Labute approximate surface area is 147 Å². The van der Waals surface area contributed by atoms with Crippen LogP contribution in [0.3, 0.4) is 0 Å². The third kappa shape index (κ3) is 3.57. The zero-order valence-corrected chi connectivity index (χ0v) is 15.2. The summed E-state index contributed by atoms with van der Waals surface area (Å²) < 4.78 is 30.1. The predicted octanol–water partition coefficient (Wildman–Crippen LogP) is 2.17. The number of methoxy groups -OCH3 is 1. The summed E-state index contributed by atoms with van der Waals surface area (Å²) in [5, 5.41) is 6.67. The van der Waals surface area contributed by atoms with Gasteiger partial charge in [-0.25, -0.2) is 4.39 Å². The second-order valence-electron chi connectivity index (χ2n) is 7.07. The molecule has 2 aliphatic rings. The SMILES string of the molecule is CN=C(NCc1cc(F)cc2c1OCOC2)NC1CC(OC)C1(C)C. The Bertz CT molecular complexity index is 663. The average Bonchev–Trinajstić information content (AvgIpc) is 2.60. The molecule has 1 aromatic carbocycles. The van der Waals surface area contributed by atoms with Gasteiger partial charge in [0, 0.05) is 43.3 Å². The van der Waals surface area contributed by atoms with E-state index in [1.165, 1.54) is 12.1 Å². The Hall–Kier alpha value is -1.86. The summed E-state index contributed by atoms with van der Waals surface area (Å²) in [4.78, 5) is 4.27. The predicted molar refractivity (Wildman–Crippen MR) is 93.0 cm³/mol. The third-order valence-electron chi connectivity index (χ3n) is 5.19. The van der Waals surface area contributed by atoms with E-state index in [1.54, 1.807) is 14.2 Å². The maximum Gasteiger partial charge on any atom is 0.191 e. The molecular formula is C18H26FN3O3. The van der Waals surface area contributed by atoms with E-state index < -0.39 is 0 Å². The summed E-state index contributed by atoms with van der Waals surface area (Å²) in [5.74, 6) is 1.08. The van der Waals surface area contributed by atoms with E-state index in [0.717, 1.165) is 17.5 Å². The minimum absolute atomic E-state index is 0.0326. The molecule has 1 fully saturated rings. The number of aliphatic imine (C=N–C) groups is 1. The molecule has 3 rings (SSSR count). The van der Waals surface area contributed by atoms with E-state index in [9.17, 15) is 4.39 Å². The molecule has 7 heteroatoms. The van der Waals surface area contributed by atoms with Gasteiger partial charge in [0.2, 0.25) is 0 Å². The molecule has 0 bridgehead atoms. The van der Waals surface area contributed by atoms with Crippen molar-refractivity contribution in [3.63, 3.8) is 0 Å². The highest BCUT2D eigenvalue weighted by Gasteiger charge is 2.48. The quantitative estimate of drug-likeness (QED) is 0.643. The van der Waals surface area contributed by atoms with Gasteiger partial charge in [0.15, 0.2) is 12.8 Å². The Morgan fingerprint density at radius 1 is 1.44 bits per heavy atom. The highest BCUT2D eigenvalue weighted by Crippen LogP contribution is 2.42. The Morgan fingerprint density at radius 3 is 2.92 bits per heavy atom. The molecule has 0 aromatic heterocycles. The highest BCUT2D eigenvalue weighted by molar-refractivity contribution is 5.80. The topological polar surface area (TPSA) is 64.1 Å². The van der Waals surface area contributed by atoms with Gasteiger partial charge in [-0.2, -0.15) is 0 Å². The van der Waals surface area contributed by atoms with Crippen LogP contribution in [0.5, 0.6) is 5.75 Å². The van der Waals surface area contributed by atoms with Crippen LogP contribution in [0.25, 0.3) is 0 Å². The lowest BCUT2D eigenvalue weighted by molar-refractivity contribution is -0.0922. The van der Waals surface area contributed by atoms with Crippen LogP contribution in [-0.4, -0.2) is 39.1 Å². The van der Waals surface area contributed by atoms with Crippen LogP contribution in [0.2, 0.25) is 0 Å². The Kier molecular flexibility index (Phi) is 5.15. The van der Waals surface area contributed by atoms with E-state index in [4.69, 9.17) is 14.2 Å². The fourth-order valence-corrected chi connectivity index (χ4v) is 3.46. The van der Waals surface area contributed by atoms with Gasteiger partial charge in [-0.1, -0.05) is 13.8 Å². The molecule has 0 radical (unpaired) electrons. The monoisotopic (exact) mass is 351 g/mol. The molecular weight excluding hydrogens is 325 g/mol. The van der Waals surface area contributed by atoms with Gasteiger partial charge in [0.05, 0.1) is 12.7 Å². The van der Waals surface area contributed by atoms with Crippen molar-refractivity contribution in [3.8, 4) is 5.75 Å². The van der Waals surface area contributed by atoms with E-state index in [-0.39, 0.29) is 30.2 Å². The lowest BCUT2D eigenvalue weighted by Gasteiger charge is -2.51. The van der Waals surface area contributed by atoms with Gasteiger partial charge in [-0.3, -0.25) is 4.99 Å². The van der Waals surface area contributed by atoms with Crippen LogP contribution in [0, 0.1) is 11.2 Å². The fourth-order valence-electron chi connectivity index (χ4n) is 3.46. The number of nitrogens with zero attached hydrogens (tertiary/aromatic N) is 1. The molecule has 6 nitrogen and oxygen atoms in total. The van der Waals surface area contributed by atoms with Crippen molar-refractivity contribution in [2.75, 3.05) is 21.0 Å². The zero-order chi connectivity index (χ0) is 18.0. The van der Waals surface area contributed by atoms with Crippen molar-refractivity contribution in [3.05, 3.63) is 29.1 Å². The number of hydrogen-bond donors (Lipinski definition) is 2.